The van der Waals surface area contributed by atoms with Gasteiger partial charge in [-0.25, -0.2) is 0 Å². The summed E-state index contributed by atoms with van der Waals surface area (Å²) in [7, 11) is 0. The van der Waals surface area contributed by atoms with Crippen molar-refractivity contribution in [1.82, 2.24) is 15.0 Å². The molecule has 1 aliphatic heterocycles. The summed E-state index contributed by atoms with van der Waals surface area (Å²) in [5, 5.41) is 4.14. The quantitative estimate of drug-likeness (QED) is 0.529. The van der Waals surface area contributed by atoms with Crippen molar-refractivity contribution < 1.29 is 14.1 Å². The second-order valence-electron chi connectivity index (χ2n) is 8.72. The molecular formula is C25H29N3O3. The van der Waals surface area contributed by atoms with Gasteiger partial charge in [-0.1, -0.05) is 55.4 Å². The standard InChI is InChI=1S/C25H29N3O3/c1-16(2)19-7-9-20(10-8-19)24-26-25(31-27-24)21-13-23(29)28(15-21)14-18-5-11-22(12-6-18)30-17(3)4/h5-12,16-17,21H,13-15H2,1-4H3. The fourth-order valence-electron chi connectivity index (χ4n) is 3.79. The summed E-state index contributed by atoms with van der Waals surface area (Å²) in [4.78, 5) is 19.0. The third-order valence-electron chi connectivity index (χ3n) is 5.51. The maximum Gasteiger partial charge on any atom is 0.232 e. The highest BCUT2D eigenvalue weighted by Gasteiger charge is 2.34. The van der Waals surface area contributed by atoms with Gasteiger partial charge in [-0.3, -0.25) is 4.79 Å². The van der Waals surface area contributed by atoms with Crippen LogP contribution in [0.4, 0.5) is 0 Å². The number of carbonyl (C=O) groups is 1. The fraction of sp³-hybridized carbons (Fsp3) is 0.400. The molecule has 6 heteroatoms. The van der Waals surface area contributed by atoms with Crippen LogP contribution in [0.5, 0.6) is 5.75 Å². The third kappa shape index (κ3) is 4.95. The van der Waals surface area contributed by atoms with Crippen LogP contribution in [0.2, 0.25) is 0 Å². The topological polar surface area (TPSA) is 68.5 Å². The van der Waals surface area contributed by atoms with E-state index in [9.17, 15) is 4.79 Å². The number of amides is 1. The fourth-order valence-corrected chi connectivity index (χ4v) is 3.79. The lowest BCUT2D eigenvalue weighted by molar-refractivity contribution is -0.128. The average molecular weight is 420 g/mol. The van der Waals surface area contributed by atoms with Crippen LogP contribution in [0.25, 0.3) is 11.4 Å². The number of aromatic nitrogens is 2. The number of hydrogen-bond acceptors (Lipinski definition) is 5. The number of benzene rings is 2. The van der Waals surface area contributed by atoms with Gasteiger partial charge >= 0.3 is 0 Å². The zero-order valence-electron chi connectivity index (χ0n) is 18.5. The number of hydrogen-bond donors (Lipinski definition) is 0. The molecule has 1 aromatic heterocycles. The summed E-state index contributed by atoms with van der Waals surface area (Å²) in [5.74, 6) is 2.44. The van der Waals surface area contributed by atoms with Crippen molar-refractivity contribution in [2.75, 3.05) is 6.54 Å². The van der Waals surface area contributed by atoms with Gasteiger partial charge in [-0.15, -0.1) is 0 Å². The van der Waals surface area contributed by atoms with Crippen LogP contribution in [0.3, 0.4) is 0 Å². The average Bonchev–Trinajstić information content (AvgIpc) is 3.36. The van der Waals surface area contributed by atoms with E-state index in [1.54, 1.807) is 0 Å². The third-order valence-corrected chi connectivity index (χ3v) is 5.51. The van der Waals surface area contributed by atoms with Gasteiger partial charge in [0.1, 0.15) is 5.75 Å². The van der Waals surface area contributed by atoms with Crippen LogP contribution in [0.15, 0.2) is 53.1 Å². The molecule has 1 fully saturated rings. The van der Waals surface area contributed by atoms with Crippen LogP contribution in [0, 0.1) is 0 Å². The van der Waals surface area contributed by atoms with Crippen LogP contribution in [-0.2, 0) is 11.3 Å². The molecule has 2 aromatic carbocycles. The first-order chi connectivity index (χ1) is 14.9. The largest absolute Gasteiger partial charge is 0.491 e. The van der Waals surface area contributed by atoms with Crippen molar-refractivity contribution in [3.8, 4) is 17.1 Å². The van der Waals surface area contributed by atoms with Crippen molar-refractivity contribution in [3.05, 3.63) is 65.5 Å². The first kappa shape index (κ1) is 21.1. The molecule has 3 aromatic rings. The number of rotatable bonds is 7. The van der Waals surface area contributed by atoms with E-state index in [0.29, 0.717) is 37.1 Å². The van der Waals surface area contributed by atoms with Crippen LogP contribution in [0.1, 0.15) is 63.0 Å². The molecule has 0 saturated carbocycles. The van der Waals surface area contributed by atoms with Crippen LogP contribution >= 0.6 is 0 Å². The van der Waals surface area contributed by atoms with E-state index in [1.807, 2.05) is 55.1 Å². The molecule has 1 atom stereocenters. The van der Waals surface area contributed by atoms with Gasteiger partial charge in [0.2, 0.25) is 17.6 Å². The molecule has 4 rings (SSSR count). The van der Waals surface area contributed by atoms with E-state index in [4.69, 9.17) is 9.26 Å². The van der Waals surface area contributed by atoms with Crippen LogP contribution < -0.4 is 4.74 Å². The Bertz CT molecular complexity index is 1020. The highest BCUT2D eigenvalue weighted by Crippen LogP contribution is 2.30. The summed E-state index contributed by atoms with van der Waals surface area (Å²) < 4.78 is 11.2. The number of likely N-dealkylation sites (tertiary alicyclic amines) is 1. The smallest absolute Gasteiger partial charge is 0.232 e. The first-order valence-electron chi connectivity index (χ1n) is 10.9. The molecule has 0 spiro atoms. The monoisotopic (exact) mass is 419 g/mol. The van der Waals surface area contributed by atoms with Gasteiger partial charge in [0.25, 0.3) is 0 Å². The summed E-state index contributed by atoms with van der Waals surface area (Å²) in [6, 6.07) is 16.1. The summed E-state index contributed by atoms with van der Waals surface area (Å²) in [6.07, 6.45) is 0.529. The Labute approximate surface area is 183 Å². The molecule has 1 saturated heterocycles. The summed E-state index contributed by atoms with van der Waals surface area (Å²) in [6.45, 7) is 9.48. The van der Waals surface area contributed by atoms with E-state index in [-0.39, 0.29) is 17.9 Å². The van der Waals surface area contributed by atoms with Gasteiger partial charge in [0.15, 0.2) is 0 Å². The molecule has 0 radical (unpaired) electrons. The normalized spacial score (nSPS) is 16.5. The molecule has 0 aliphatic carbocycles. The molecule has 2 heterocycles. The lowest BCUT2D eigenvalue weighted by Gasteiger charge is -2.16. The molecule has 1 amide bonds. The molecule has 1 aliphatic rings. The highest BCUT2D eigenvalue weighted by molar-refractivity contribution is 5.79. The second kappa shape index (κ2) is 8.92. The summed E-state index contributed by atoms with van der Waals surface area (Å²) in [5.41, 5.74) is 3.26. The zero-order chi connectivity index (χ0) is 22.0. The van der Waals surface area contributed by atoms with E-state index in [0.717, 1.165) is 16.9 Å². The predicted molar refractivity (Wildman–Crippen MR) is 119 cm³/mol. The van der Waals surface area contributed by atoms with E-state index in [2.05, 4.69) is 36.1 Å². The van der Waals surface area contributed by atoms with Crippen molar-refractivity contribution in [2.24, 2.45) is 0 Å². The second-order valence-corrected chi connectivity index (χ2v) is 8.72. The van der Waals surface area contributed by atoms with E-state index < -0.39 is 0 Å². The van der Waals surface area contributed by atoms with E-state index >= 15 is 0 Å². The number of carbonyl (C=O) groups excluding carboxylic acids is 1. The Morgan fingerprint density at radius 1 is 1.06 bits per heavy atom. The van der Waals surface area contributed by atoms with Gasteiger partial charge in [0, 0.05) is 25.1 Å². The Balaban J connectivity index is 1.40. The Morgan fingerprint density at radius 2 is 1.77 bits per heavy atom. The van der Waals surface area contributed by atoms with Crippen molar-refractivity contribution in [2.45, 2.75) is 58.6 Å². The minimum atomic E-state index is -0.0766. The van der Waals surface area contributed by atoms with Crippen LogP contribution in [-0.4, -0.2) is 33.6 Å². The molecule has 0 bridgehead atoms. The maximum absolute atomic E-state index is 12.6. The maximum atomic E-state index is 12.6. The van der Waals surface area contributed by atoms with Gasteiger partial charge < -0.3 is 14.2 Å². The van der Waals surface area contributed by atoms with Gasteiger partial charge in [-0.2, -0.15) is 4.98 Å². The van der Waals surface area contributed by atoms with Crippen molar-refractivity contribution in [1.29, 1.82) is 0 Å². The lowest BCUT2D eigenvalue weighted by Crippen LogP contribution is -2.24. The Kier molecular flexibility index (Phi) is 6.07. The molecular weight excluding hydrogens is 390 g/mol. The molecule has 31 heavy (non-hydrogen) atoms. The molecule has 162 valence electrons. The summed E-state index contributed by atoms with van der Waals surface area (Å²) >= 11 is 0. The molecule has 1 unspecified atom stereocenters. The van der Waals surface area contributed by atoms with Gasteiger partial charge in [-0.05, 0) is 43.0 Å². The number of ether oxygens (including phenoxy) is 1. The lowest BCUT2D eigenvalue weighted by atomic mass is 10.0. The molecule has 6 nitrogen and oxygen atoms in total. The molecule has 0 N–H and O–H groups in total. The predicted octanol–water partition coefficient (Wildman–Crippen LogP) is 5.16. The first-order valence-corrected chi connectivity index (χ1v) is 10.9. The minimum Gasteiger partial charge on any atom is -0.491 e. The Hall–Kier alpha value is -3.15. The minimum absolute atomic E-state index is 0.0766. The van der Waals surface area contributed by atoms with E-state index in [1.165, 1.54) is 5.56 Å². The van der Waals surface area contributed by atoms with Crippen molar-refractivity contribution in [3.63, 3.8) is 0 Å². The zero-order valence-corrected chi connectivity index (χ0v) is 18.5. The highest BCUT2D eigenvalue weighted by atomic mass is 16.5. The number of nitrogens with zero attached hydrogens (tertiary/aromatic N) is 3. The van der Waals surface area contributed by atoms with Crippen molar-refractivity contribution >= 4 is 5.91 Å². The van der Waals surface area contributed by atoms with Gasteiger partial charge in [0.05, 0.1) is 12.0 Å². The Morgan fingerprint density at radius 3 is 2.42 bits per heavy atom. The SMILES string of the molecule is CC(C)Oc1ccc(CN2CC(c3nc(-c4ccc(C(C)C)cc4)no3)CC2=O)cc1.